The van der Waals surface area contributed by atoms with Gasteiger partial charge in [-0.3, -0.25) is 4.79 Å². The van der Waals surface area contributed by atoms with Crippen LogP contribution in [0.3, 0.4) is 0 Å². The van der Waals surface area contributed by atoms with E-state index in [2.05, 4.69) is 6.92 Å². The molecule has 1 fully saturated rings. The molecule has 2 atom stereocenters. The molecule has 106 valence electrons. The van der Waals surface area contributed by atoms with Crippen LogP contribution in [-0.4, -0.2) is 29.9 Å². The van der Waals surface area contributed by atoms with Crippen LogP contribution in [-0.2, 0) is 11.2 Å². The molecule has 0 aliphatic carbocycles. The van der Waals surface area contributed by atoms with Crippen molar-refractivity contribution in [2.75, 3.05) is 13.1 Å². The number of carbonyl (C=O) groups is 1. The monoisotopic (exact) mass is 300 g/mol. The van der Waals surface area contributed by atoms with Crippen molar-refractivity contribution in [2.24, 2.45) is 11.7 Å². The fourth-order valence-corrected chi connectivity index (χ4v) is 3.85. The van der Waals surface area contributed by atoms with Crippen molar-refractivity contribution in [2.45, 2.75) is 38.6 Å². The number of hydrogen-bond acceptors (Lipinski definition) is 3. The molecule has 1 aromatic heterocycles. The second kappa shape index (κ2) is 6.73. The molecule has 0 bridgehead atoms. The Kier molecular flexibility index (Phi) is 5.25. The number of nitrogens with two attached hydrogens (primary N) is 1. The normalized spacial score (nSPS) is 23.6. The summed E-state index contributed by atoms with van der Waals surface area (Å²) in [4.78, 5) is 15.5. The molecular formula is C14H21ClN2OS. The zero-order valence-corrected chi connectivity index (χ0v) is 12.8. The van der Waals surface area contributed by atoms with Gasteiger partial charge < -0.3 is 10.6 Å². The van der Waals surface area contributed by atoms with Crippen molar-refractivity contribution < 1.29 is 4.79 Å². The van der Waals surface area contributed by atoms with Crippen molar-refractivity contribution in [3.8, 4) is 0 Å². The molecule has 3 nitrogen and oxygen atoms in total. The number of nitrogens with zero attached hydrogens (tertiary/aromatic N) is 1. The van der Waals surface area contributed by atoms with E-state index in [0.717, 1.165) is 24.4 Å². The second-order valence-corrected chi connectivity index (χ2v) is 6.67. The summed E-state index contributed by atoms with van der Waals surface area (Å²) in [5.74, 6) is 0.741. The average molecular weight is 301 g/mol. The zero-order valence-electron chi connectivity index (χ0n) is 11.3. The fraction of sp³-hybridized carbons (Fsp3) is 0.643. The minimum atomic E-state index is 0.216. The number of aryl methyl sites for hydroxylation is 1. The lowest BCUT2D eigenvalue weighted by atomic mass is 9.90. The van der Waals surface area contributed by atoms with Crippen LogP contribution in [0.15, 0.2) is 11.4 Å². The highest BCUT2D eigenvalue weighted by Crippen LogP contribution is 2.25. The zero-order chi connectivity index (χ0) is 13.8. The van der Waals surface area contributed by atoms with Gasteiger partial charge in [0.2, 0.25) is 5.91 Å². The first-order valence-corrected chi connectivity index (χ1v) is 8.10. The third kappa shape index (κ3) is 3.71. The lowest BCUT2D eigenvalue weighted by Crippen LogP contribution is -2.51. The number of amides is 1. The van der Waals surface area contributed by atoms with Crippen LogP contribution in [0.4, 0.5) is 0 Å². The Morgan fingerprint density at radius 3 is 3.05 bits per heavy atom. The minimum absolute atomic E-state index is 0.216. The summed E-state index contributed by atoms with van der Waals surface area (Å²) in [5.41, 5.74) is 5.82. The van der Waals surface area contributed by atoms with E-state index in [1.54, 1.807) is 11.3 Å². The predicted octanol–water partition coefficient (Wildman–Crippen LogP) is 2.92. The van der Waals surface area contributed by atoms with Gasteiger partial charge in [-0.1, -0.05) is 18.5 Å². The van der Waals surface area contributed by atoms with Gasteiger partial charge in [0, 0.05) is 35.8 Å². The topological polar surface area (TPSA) is 46.3 Å². The summed E-state index contributed by atoms with van der Waals surface area (Å²) in [5, 5.41) is 2.67. The summed E-state index contributed by atoms with van der Waals surface area (Å²) in [6.07, 6.45) is 3.60. The molecule has 1 aliphatic rings. The summed E-state index contributed by atoms with van der Waals surface area (Å²) in [6, 6.07) is 2.16. The van der Waals surface area contributed by atoms with Crippen LogP contribution < -0.4 is 5.73 Å². The van der Waals surface area contributed by atoms with E-state index in [9.17, 15) is 4.79 Å². The first kappa shape index (κ1) is 14.8. The van der Waals surface area contributed by atoms with Gasteiger partial charge in [-0.15, -0.1) is 11.3 Å². The molecule has 1 aliphatic heterocycles. The predicted molar refractivity (Wildman–Crippen MR) is 80.6 cm³/mol. The largest absolute Gasteiger partial charge is 0.338 e. The average Bonchev–Trinajstić information content (AvgIpc) is 2.81. The molecule has 2 N–H and O–H groups in total. The molecule has 0 spiro atoms. The first-order chi connectivity index (χ1) is 9.11. The van der Waals surface area contributed by atoms with Gasteiger partial charge in [0.15, 0.2) is 0 Å². The maximum Gasteiger partial charge on any atom is 0.223 e. The Labute approximate surface area is 123 Å². The quantitative estimate of drug-likeness (QED) is 0.929. The molecule has 19 heavy (non-hydrogen) atoms. The fourth-order valence-electron chi connectivity index (χ4n) is 2.78. The van der Waals surface area contributed by atoms with E-state index in [1.165, 1.54) is 11.3 Å². The summed E-state index contributed by atoms with van der Waals surface area (Å²) < 4.78 is 0. The number of halogens is 1. The van der Waals surface area contributed by atoms with Crippen LogP contribution in [0, 0.1) is 5.92 Å². The van der Waals surface area contributed by atoms with Crippen molar-refractivity contribution in [3.63, 3.8) is 0 Å². The molecule has 2 heterocycles. The molecule has 1 amide bonds. The number of hydrogen-bond donors (Lipinski definition) is 1. The number of piperidine rings is 1. The lowest BCUT2D eigenvalue weighted by Gasteiger charge is -2.39. The SMILES string of the molecule is CC1CCCN(C(=O)CCc2cc(Cl)cs2)C1CN. The number of rotatable bonds is 4. The second-order valence-electron chi connectivity index (χ2n) is 5.24. The van der Waals surface area contributed by atoms with Gasteiger partial charge in [0.25, 0.3) is 0 Å². The molecule has 0 radical (unpaired) electrons. The third-order valence-corrected chi connectivity index (χ3v) is 5.23. The van der Waals surface area contributed by atoms with E-state index < -0.39 is 0 Å². The molecule has 5 heteroatoms. The Morgan fingerprint density at radius 1 is 1.63 bits per heavy atom. The standard InChI is InChI=1S/C14H21ClN2OS/c1-10-3-2-6-17(13(10)8-16)14(18)5-4-12-7-11(15)9-19-12/h7,9-10,13H,2-6,8,16H2,1H3. The Balaban J connectivity index is 1.91. The molecule has 1 saturated heterocycles. The Hall–Kier alpha value is -0.580. The van der Waals surface area contributed by atoms with Crippen LogP contribution in [0.5, 0.6) is 0 Å². The van der Waals surface area contributed by atoms with Crippen LogP contribution in [0.25, 0.3) is 0 Å². The third-order valence-electron chi connectivity index (χ3n) is 3.88. The van der Waals surface area contributed by atoms with Crippen LogP contribution in [0.1, 0.15) is 31.1 Å². The van der Waals surface area contributed by atoms with Crippen molar-refractivity contribution >= 4 is 28.8 Å². The summed E-state index contributed by atoms with van der Waals surface area (Å²) in [7, 11) is 0. The Bertz CT molecular complexity index is 435. The molecule has 2 rings (SSSR count). The number of carbonyl (C=O) groups excluding carboxylic acids is 1. The van der Waals surface area contributed by atoms with Crippen molar-refractivity contribution in [1.29, 1.82) is 0 Å². The van der Waals surface area contributed by atoms with Gasteiger partial charge in [-0.25, -0.2) is 0 Å². The molecule has 1 aromatic rings. The Morgan fingerprint density at radius 2 is 2.42 bits per heavy atom. The highest BCUT2D eigenvalue weighted by Gasteiger charge is 2.30. The summed E-state index contributed by atoms with van der Waals surface area (Å²) in [6.45, 7) is 3.62. The molecule has 0 aromatic carbocycles. The van der Waals surface area contributed by atoms with Gasteiger partial charge in [0.05, 0.1) is 5.02 Å². The molecular weight excluding hydrogens is 280 g/mol. The highest BCUT2D eigenvalue weighted by molar-refractivity contribution is 7.10. The van der Waals surface area contributed by atoms with E-state index in [4.69, 9.17) is 17.3 Å². The summed E-state index contributed by atoms with van der Waals surface area (Å²) >= 11 is 7.51. The molecule has 0 saturated carbocycles. The van der Waals surface area contributed by atoms with Crippen LogP contribution >= 0.6 is 22.9 Å². The van der Waals surface area contributed by atoms with Gasteiger partial charge in [-0.2, -0.15) is 0 Å². The van der Waals surface area contributed by atoms with E-state index in [-0.39, 0.29) is 11.9 Å². The van der Waals surface area contributed by atoms with Gasteiger partial charge in [0.1, 0.15) is 0 Å². The van der Waals surface area contributed by atoms with Gasteiger partial charge >= 0.3 is 0 Å². The van der Waals surface area contributed by atoms with E-state index in [0.29, 0.717) is 18.9 Å². The minimum Gasteiger partial charge on any atom is -0.338 e. The highest BCUT2D eigenvalue weighted by atomic mass is 35.5. The van der Waals surface area contributed by atoms with Crippen molar-refractivity contribution in [3.05, 3.63) is 21.3 Å². The number of likely N-dealkylation sites (tertiary alicyclic amines) is 1. The van der Waals surface area contributed by atoms with E-state index >= 15 is 0 Å². The van der Waals surface area contributed by atoms with Crippen LogP contribution in [0.2, 0.25) is 5.02 Å². The smallest absolute Gasteiger partial charge is 0.223 e. The first-order valence-electron chi connectivity index (χ1n) is 6.84. The maximum absolute atomic E-state index is 12.3. The van der Waals surface area contributed by atoms with Gasteiger partial charge in [-0.05, 0) is 31.2 Å². The molecule has 2 unspecified atom stereocenters. The lowest BCUT2D eigenvalue weighted by molar-refractivity contribution is -0.136. The number of thiophene rings is 1. The van der Waals surface area contributed by atoms with E-state index in [1.807, 2.05) is 16.3 Å². The maximum atomic E-state index is 12.3. The van der Waals surface area contributed by atoms with Crippen molar-refractivity contribution in [1.82, 2.24) is 4.90 Å².